The van der Waals surface area contributed by atoms with Gasteiger partial charge in [-0.15, -0.1) is 0 Å². The van der Waals surface area contributed by atoms with Crippen LogP contribution < -0.4 is 10.6 Å². The van der Waals surface area contributed by atoms with Crippen LogP contribution in [0.1, 0.15) is 56.2 Å². The summed E-state index contributed by atoms with van der Waals surface area (Å²) in [6, 6.07) is 0.677. The Bertz CT molecular complexity index is 447. The third kappa shape index (κ3) is 3.24. The Kier molecular flexibility index (Phi) is 3.40. The molecule has 0 spiro atoms. The molecule has 1 heterocycles. The lowest BCUT2D eigenvalue weighted by molar-refractivity contribution is 0.228. The van der Waals surface area contributed by atoms with Crippen LogP contribution in [-0.2, 0) is 0 Å². The van der Waals surface area contributed by atoms with E-state index in [1.165, 1.54) is 0 Å². The highest BCUT2D eigenvalue weighted by Crippen LogP contribution is 2.31. The van der Waals surface area contributed by atoms with Crippen molar-refractivity contribution in [2.45, 2.75) is 63.5 Å². The SMILES string of the molecule is Cc1noc(C2CCC(NC(=O)NC3CC3)CC2)n1. The summed E-state index contributed by atoms with van der Waals surface area (Å²) < 4.78 is 5.22. The highest BCUT2D eigenvalue weighted by atomic mass is 16.5. The van der Waals surface area contributed by atoms with Gasteiger partial charge >= 0.3 is 6.03 Å². The lowest BCUT2D eigenvalue weighted by Gasteiger charge is -2.27. The number of urea groups is 1. The number of aryl methyl sites for hydroxylation is 1. The summed E-state index contributed by atoms with van der Waals surface area (Å²) >= 11 is 0. The summed E-state index contributed by atoms with van der Waals surface area (Å²) in [6.45, 7) is 1.84. The van der Waals surface area contributed by atoms with Crippen molar-refractivity contribution in [1.29, 1.82) is 0 Å². The maximum atomic E-state index is 11.7. The van der Waals surface area contributed by atoms with E-state index in [0.717, 1.165) is 44.4 Å². The van der Waals surface area contributed by atoms with E-state index >= 15 is 0 Å². The fourth-order valence-corrected chi connectivity index (χ4v) is 2.60. The summed E-state index contributed by atoms with van der Waals surface area (Å²) in [5.41, 5.74) is 0. The Morgan fingerprint density at radius 1 is 1.11 bits per heavy atom. The average molecular weight is 264 g/mol. The van der Waals surface area contributed by atoms with Crippen LogP contribution in [0.3, 0.4) is 0 Å². The van der Waals surface area contributed by atoms with Gasteiger partial charge in [0.05, 0.1) is 0 Å². The number of carbonyl (C=O) groups excluding carboxylic acids is 1. The molecule has 6 nitrogen and oxygen atoms in total. The van der Waals surface area contributed by atoms with Gasteiger partial charge in [0, 0.05) is 18.0 Å². The van der Waals surface area contributed by atoms with Gasteiger partial charge in [-0.1, -0.05) is 5.16 Å². The molecule has 0 radical (unpaired) electrons. The second-order valence-corrected chi connectivity index (χ2v) is 5.62. The number of aromatic nitrogens is 2. The molecule has 0 unspecified atom stereocenters. The first-order valence-corrected chi connectivity index (χ1v) is 7.08. The summed E-state index contributed by atoms with van der Waals surface area (Å²) in [5, 5.41) is 9.84. The Labute approximate surface area is 112 Å². The van der Waals surface area contributed by atoms with E-state index in [4.69, 9.17) is 4.52 Å². The molecule has 104 valence electrons. The number of hydrogen-bond acceptors (Lipinski definition) is 4. The molecule has 0 aliphatic heterocycles. The lowest BCUT2D eigenvalue weighted by Crippen LogP contribution is -2.44. The minimum atomic E-state index is -0.0143. The number of hydrogen-bond donors (Lipinski definition) is 2. The van der Waals surface area contributed by atoms with Gasteiger partial charge in [-0.3, -0.25) is 0 Å². The van der Waals surface area contributed by atoms with E-state index in [0.29, 0.717) is 17.8 Å². The van der Waals surface area contributed by atoms with Gasteiger partial charge in [-0.05, 0) is 45.4 Å². The summed E-state index contributed by atoms with van der Waals surface area (Å²) in [6.07, 6.45) is 6.19. The molecule has 1 aromatic heterocycles. The molecule has 2 fully saturated rings. The third-order valence-corrected chi connectivity index (χ3v) is 3.87. The highest BCUT2D eigenvalue weighted by Gasteiger charge is 2.28. The minimum absolute atomic E-state index is 0.0143. The molecule has 3 rings (SSSR count). The predicted molar refractivity (Wildman–Crippen MR) is 68.7 cm³/mol. The lowest BCUT2D eigenvalue weighted by atomic mass is 9.86. The fourth-order valence-electron chi connectivity index (χ4n) is 2.60. The fraction of sp³-hybridized carbons (Fsp3) is 0.769. The van der Waals surface area contributed by atoms with Crippen LogP contribution in [0, 0.1) is 6.92 Å². The standard InChI is InChI=1S/C13H20N4O2/c1-8-14-12(19-17-8)9-2-4-10(5-3-9)15-13(18)16-11-6-7-11/h9-11H,2-7H2,1H3,(H2,15,16,18). The minimum Gasteiger partial charge on any atom is -0.339 e. The largest absolute Gasteiger partial charge is 0.339 e. The molecular weight excluding hydrogens is 244 g/mol. The molecule has 0 bridgehead atoms. The smallest absolute Gasteiger partial charge is 0.315 e. The second kappa shape index (κ2) is 5.19. The molecule has 0 saturated heterocycles. The quantitative estimate of drug-likeness (QED) is 0.873. The van der Waals surface area contributed by atoms with Gasteiger partial charge < -0.3 is 15.2 Å². The van der Waals surface area contributed by atoms with Crippen molar-refractivity contribution in [3.05, 3.63) is 11.7 Å². The van der Waals surface area contributed by atoms with Crippen molar-refractivity contribution in [3.8, 4) is 0 Å². The zero-order valence-electron chi connectivity index (χ0n) is 11.2. The monoisotopic (exact) mass is 264 g/mol. The Balaban J connectivity index is 1.45. The molecular formula is C13H20N4O2. The molecule has 1 aromatic rings. The number of carbonyl (C=O) groups is 1. The van der Waals surface area contributed by atoms with Gasteiger partial charge in [-0.2, -0.15) is 4.98 Å². The molecule has 19 heavy (non-hydrogen) atoms. The van der Waals surface area contributed by atoms with Crippen molar-refractivity contribution in [3.63, 3.8) is 0 Å². The number of rotatable bonds is 3. The van der Waals surface area contributed by atoms with Gasteiger partial charge in [0.25, 0.3) is 0 Å². The normalized spacial score (nSPS) is 27.0. The molecule has 2 saturated carbocycles. The van der Waals surface area contributed by atoms with E-state index in [2.05, 4.69) is 20.8 Å². The van der Waals surface area contributed by atoms with Crippen molar-refractivity contribution < 1.29 is 9.32 Å². The zero-order chi connectivity index (χ0) is 13.2. The van der Waals surface area contributed by atoms with Gasteiger partial charge in [0.15, 0.2) is 5.82 Å². The van der Waals surface area contributed by atoms with E-state index in [-0.39, 0.29) is 12.1 Å². The average Bonchev–Trinajstić information content (AvgIpc) is 3.09. The maximum Gasteiger partial charge on any atom is 0.315 e. The van der Waals surface area contributed by atoms with E-state index < -0.39 is 0 Å². The van der Waals surface area contributed by atoms with E-state index in [1.54, 1.807) is 0 Å². The molecule has 0 aromatic carbocycles. The molecule has 2 aliphatic carbocycles. The van der Waals surface area contributed by atoms with Crippen molar-refractivity contribution in [2.75, 3.05) is 0 Å². The van der Waals surface area contributed by atoms with E-state index in [9.17, 15) is 4.79 Å². The van der Waals surface area contributed by atoms with Crippen molar-refractivity contribution in [1.82, 2.24) is 20.8 Å². The Morgan fingerprint density at radius 2 is 1.68 bits per heavy atom. The van der Waals surface area contributed by atoms with Crippen LogP contribution in [0.4, 0.5) is 4.79 Å². The Morgan fingerprint density at radius 3 is 2.16 bits per heavy atom. The molecule has 2 aliphatic rings. The second-order valence-electron chi connectivity index (χ2n) is 5.62. The summed E-state index contributed by atoms with van der Waals surface area (Å²) in [7, 11) is 0. The first-order chi connectivity index (χ1) is 9.20. The Hall–Kier alpha value is -1.59. The third-order valence-electron chi connectivity index (χ3n) is 3.87. The van der Waals surface area contributed by atoms with Crippen molar-refractivity contribution >= 4 is 6.03 Å². The van der Waals surface area contributed by atoms with Crippen LogP contribution in [0.2, 0.25) is 0 Å². The van der Waals surface area contributed by atoms with Crippen LogP contribution in [0.15, 0.2) is 4.52 Å². The first-order valence-electron chi connectivity index (χ1n) is 7.08. The summed E-state index contributed by atoms with van der Waals surface area (Å²) in [5.74, 6) is 1.79. The predicted octanol–water partition coefficient (Wildman–Crippen LogP) is 1.87. The van der Waals surface area contributed by atoms with Crippen LogP contribution >= 0.6 is 0 Å². The number of amides is 2. The number of nitrogens with one attached hydrogen (secondary N) is 2. The molecule has 6 heteroatoms. The van der Waals surface area contributed by atoms with Gasteiger partial charge in [-0.25, -0.2) is 4.79 Å². The highest BCUT2D eigenvalue weighted by molar-refractivity contribution is 5.74. The molecule has 2 N–H and O–H groups in total. The summed E-state index contributed by atoms with van der Waals surface area (Å²) in [4.78, 5) is 15.9. The van der Waals surface area contributed by atoms with Gasteiger partial charge in [0.1, 0.15) is 0 Å². The molecule has 2 amide bonds. The van der Waals surface area contributed by atoms with Crippen LogP contribution in [0.25, 0.3) is 0 Å². The zero-order valence-corrected chi connectivity index (χ0v) is 11.2. The topological polar surface area (TPSA) is 80.0 Å². The van der Waals surface area contributed by atoms with Crippen LogP contribution in [0.5, 0.6) is 0 Å². The number of nitrogens with zero attached hydrogens (tertiary/aromatic N) is 2. The molecule has 0 atom stereocenters. The van der Waals surface area contributed by atoms with Crippen LogP contribution in [-0.4, -0.2) is 28.3 Å². The first kappa shape index (κ1) is 12.4. The van der Waals surface area contributed by atoms with E-state index in [1.807, 2.05) is 6.92 Å². The van der Waals surface area contributed by atoms with Gasteiger partial charge in [0.2, 0.25) is 5.89 Å². The maximum absolute atomic E-state index is 11.7. The van der Waals surface area contributed by atoms with Crippen molar-refractivity contribution in [2.24, 2.45) is 0 Å².